The molecule has 0 saturated heterocycles. The maximum absolute atomic E-state index is 10.9. The van der Waals surface area contributed by atoms with E-state index in [9.17, 15) is 4.79 Å². The minimum Gasteiger partial charge on any atom is -0.491 e. The number of halogens is 1. The van der Waals surface area contributed by atoms with Crippen molar-refractivity contribution in [3.05, 3.63) is 58.9 Å². The molecule has 92 valence electrons. The lowest BCUT2D eigenvalue weighted by Crippen LogP contribution is -2.04. The van der Waals surface area contributed by atoms with E-state index in [1.54, 1.807) is 30.6 Å². The monoisotopic (exact) mass is 261 g/mol. The Morgan fingerprint density at radius 1 is 1.28 bits per heavy atom. The molecular formula is C14H12ClNO2. The number of hydrogen-bond acceptors (Lipinski definition) is 3. The molecule has 0 radical (unpaired) electrons. The highest BCUT2D eigenvalue weighted by Crippen LogP contribution is 2.27. The molecule has 0 bridgehead atoms. The molecule has 2 rings (SSSR count). The molecule has 0 aliphatic rings. The first-order valence-electron chi connectivity index (χ1n) is 5.56. The van der Waals surface area contributed by atoms with E-state index in [0.29, 0.717) is 22.9 Å². The Bertz CT molecular complexity index is 529. The SMILES string of the molecule is O=Cc1cccc(Cl)c1OCCc1cccnc1. The van der Waals surface area contributed by atoms with Crippen molar-refractivity contribution in [3.8, 4) is 5.75 Å². The van der Waals surface area contributed by atoms with Gasteiger partial charge in [0.15, 0.2) is 6.29 Å². The van der Waals surface area contributed by atoms with Gasteiger partial charge in [0.2, 0.25) is 0 Å². The summed E-state index contributed by atoms with van der Waals surface area (Å²) in [5.41, 5.74) is 1.55. The molecule has 0 aliphatic heterocycles. The number of para-hydroxylation sites is 1. The third-order valence-corrected chi connectivity index (χ3v) is 2.78. The Morgan fingerprint density at radius 2 is 2.17 bits per heavy atom. The zero-order valence-electron chi connectivity index (χ0n) is 9.67. The second-order valence-corrected chi connectivity index (χ2v) is 4.14. The third kappa shape index (κ3) is 3.08. The maximum Gasteiger partial charge on any atom is 0.153 e. The Kier molecular flexibility index (Phi) is 4.31. The van der Waals surface area contributed by atoms with E-state index in [4.69, 9.17) is 16.3 Å². The third-order valence-electron chi connectivity index (χ3n) is 2.48. The van der Waals surface area contributed by atoms with Gasteiger partial charge in [0.25, 0.3) is 0 Å². The largest absolute Gasteiger partial charge is 0.491 e. The second-order valence-electron chi connectivity index (χ2n) is 3.74. The van der Waals surface area contributed by atoms with Gasteiger partial charge in [-0.3, -0.25) is 9.78 Å². The van der Waals surface area contributed by atoms with Crippen molar-refractivity contribution in [2.24, 2.45) is 0 Å². The number of carbonyl (C=O) groups is 1. The number of aldehydes is 1. The summed E-state index contributed by atoms with van der Waals surface area (Å²) in [5.74, 6) is 0.443. The van der Waals surface area contributed by atoms with E-state index in [2.05, 4.69) is 4.98 Å². The van der Waals surface area contributed by atoms with Gasteiger partial charge in [-0.25, -0.2) is 0 Å². The van der Waals surface area contributed by atoms with Crippen LogP contribution in [0, 0.1) is 0 Å². The van der Waals surface area contributed by atoms with Crippen LogP contribution in [0.2, 0.25) is 5.02 Å². The number of nitrogens with zero attached hydrogens (tertiary/aromatic N) is 1. The molecule has 2 aromatic rings. The molecule has 0 amide bonds. The van der Waals surface area contributed by atoms with E-state index in [0.717, 1.165) is 18.3 Å². The Balaban J connectivity index is 2.00. The molecule has 0 atom stereocenters. The minimum atomic E-state index is 0.443. The first kappa shape index (κ1) is 12.6. The lowest BCUT2D eigenvalue weighted by molar-refractivity contribution is 0.111. The number of rotatable bonds is 5. The maximum atomic E-state index is 10.9. The van der Waals surface area contributed by atoms with Crippen molar-refractivity contribution >= 4 is 17.9 Å². The van der Waals surface area contributed by atoms with E-state index >= 15 is 0 Å². The van der Waals surface area contributed by atoms with Crippen LogP contribution in [0.4, 0.5) is 0 Å². The highest BCUT2D eigenvalue weighted by molar-refractivity contribution is 6.32. The highest BCUT2D eigenvalue weighted by Gasteiger charge is 2.07. The van der Waals surface area contributed by atoms with Crippen molar-refractivity contribution in [1.29, 1.82) is 0 Å². The van der Waals surface area contributed by atoms with Crippen LogP contribution in [0.25, 0.3) is 0 Å². The van der Waals surface area contributed by atoms with Crippen molar-refractivity contribution in [2.75, 3.05) is 6.61 Å². The fourth-order valence-electron chi connectivity index (χ4n) is 1.59. The number of carbonyl (C=O) groups excluding carboxylic acids is 1. The summed E-state index contributed by atoms with van der Waals surface area (Å²) >= 11 is 5.99. The summed E-state index contributed by atoms with van der Waals surface area (Å²) in [5, 5.41) is 0.450. The Labute approximate surface area is 110 Å². The normalized spacial score (nSPS) is 10.1. The van der Waals surface area contributed by atoms with Crippen LogP contribution < -0.4 is 4.74 Å². The number of pyridine rings is 1. The molecule has 0 saturated carbocycles. The molecule has 18 heavy (non-hydrogen) atoms. The summed E-state index contributed by atoms with van der Waals surface area (Å²) in [7, 11) is 0. The Hall–Kier alpha value is -1.87. The van der Waals surface area contributed by atoms with Crippen molar-refractivity contribution in [1.82, 2.24) is 4.98 Å². The number of benzene rings is 1. The predicted molar refractivity (Wildman–Crippen MR) is 70.3 cm³/mol. The average Bonchev–Trinajstić information content (AvgIpc) is 2.41. The van der Waals surface area contributed by atoms with Crippen molar-refractivity contribution in [3.63, 3.8) is 0 Å². The van der Waals surface area contributed by atoms with Gasteiger partial charge in [-0.05, 0) is 23.8 Å². The summed E-state index contributed by atoms with van der Waals surface area (Å²) in [6.45, 7) is 0.455. The molecule has 0 N–H and O–H groups in total. The van der Waals surface area contributed by atoms with Gasteiger partial charge in [-0.15, -0.1) is 0 Å². The molecule has 0 spiro atoms. The number of ether oxygens (including phenoxy) is 1. The fraction of sp³-hybridized carbons (Fsp3) is 0.143. The van der Waals surface area contributed by atoms with Gasteiger partial charge < -0.3 is 4.74 Å². The lowest BCUT2D eigenvalue weighted by Gasteiger charge is -2.09. The zero-order valence-corrected chi connectivity index (χ0v) is 10.4. The molecule has 4 heteroatoms. The van der Waals surface area contributed by atoms with Crippen LogP contribution in [0.15, 0.2) is 42.7 Å². The van der Waals surface area contributed by atoms with E-state index in [-0.39, 0.29) is 0 Å². The summed E-state index contributed by atoms with van der Waals surface area (Å²) in [4.78, 5) is 14.9. The van der Waals surface area contributed by atoms with Crippen LogP contribution in [-0.2, 0) is 6.42 Å². The fourth-order valence-corrected chi connectivity index (χ4v) is 1.82. The smallest absolute Gasteiger partial charge is 0.153 e. The lowest BCUT2D eigenvalue weighted by atomic mass is 10.2. The molecule has 3 nitrogen and oxygen atoms in total. The topological polar surface area (TPSA) is 39.2 Å². The van der Waals surface area contributed by atoms with Gasteiger partial charge in [0.05, 0.1) is 17.2 Å². The number of hydrogen-bond donors (Lipinski definition) is 0. The van der Waals surface area contributed by atoms with E-state index in [1.807, 2.05) is 12.1 Å². The van der Waals surface area contributed by atoms with Gasteiger partial charge >= 0.3 is 0 Å². The second kappa shape index (κ2) is 6.17. The molecule has 1 aromatic carbocycles. The molecule has 1 heterocycles. The predicted octanol–water partition coefficient (Wildman–Crippen LogP) is 3.17. The summed E-state index contributed by atoms with van der Waals surface area (Å²) in [6, 6.07) is 8.96. The average molecular weight is 262 g/mol. The molecule has 0 fully saturated rings. The Morgan fingerprint density at radius 3 is 2.89 bits per heavy atom. The van der Waals surface area contributed by atoms with Crippen LogP contribution in [0.1, 0.15) is 15.9 Å². The van der Waals surface area contributed by atoms with Crippen molar-refractivity contribution < 1.29 is 9.53 Å². The summed E-state index contributed by atoms with van der Waals surface area (Å²) in [6.07, 6.45) is 4.97. The molecule has 0 unspecified atom stereocenters. The summed E-state index contributed by atoms with van der Waals surface area (Å²) < 4.78 is 5.57. The van der Waals surface area contributed by atoms with Crippen molar-refractivity contribution in [2.45, 2.75) is 6.42 Å². The van der Waals surface area contributed by atoms with Gasteiger partial charge in [-0.1, -0.05) is 23.7 Å². The van der Waals surface area contributed by atoms with Crippen LogP contribution >= 0.6 is 11.6 Å². The number of aromatic nitrogens is 1. The quantitative estimate of drug-likeness (QED) is 0.776. The first-order chi connectivity index (χ1) is 8.81. The van der Waals surface area contributed by atoms with Gasteiger partial charge in [0, 0.05) is 18.8 Å². The molecule has 1 aromatic heterocycles. The molecule has 0 aliphatic carbocycles. The van der Waals surface area contributed by atoms with Crippen LogP contribution in [0.3, 0.4) is 0 Å². The van der Waals surface area contributed by atoms with Gasteiger partial charge in [0.1, 0.15) is 5.75 Å². The first-order valence-corrected chi connectivity index (χ1v) is 5.94. The van der Waals surface area contributed by atoms with E-state index < -0.39 is 0 Å². The zero-order chi connectivity index (χ0) is 12.8. The van der Waals surface area contributed by atoms with Crippen LogP contribution in [0.5, 0.6) is 5.75 Å². The highest BCUT2D eigenvalue weighted by atomic mass is 35.5. The molecular weight excluding hydrogens is 250 g/mol. The van der Waals surface area contributed by atoms with Gasteiger partial charge in [-0.2, -0.15) is 0 Å². The minimum absolute atomic E-state index is 0.443. The van der Waals surface area contributed by atoms with Crippen LogP contribution in [-0.4, -0.2) is 17.9 Å². The van der Waals surface area contributed by atoms with E-state index in [1.165, 1.54) is 0 Å². The standard InChI is InChI=1S/C14H12ClNO2/c15-13-5-1-4-12(10-17)14(13)18-8-6-11-3-2-7-16-9-11/h1-5,7,9-10H,6,8H2.